The van der Waals surface area contributed by atoms with Gasteiger partial charge in [0.2, 0.25) is 5.91 Å². The molecule has 0 bridgehead atoms. The summed E-state index contributed by atoms with van der Waals surface area (Å²) in [6.07, 6.45) is 5.94. The molecule has 1 amide bonds. The monoisotopic (exact) mass is 290 g/mol. The summed E-state index contributed by atoms with van der Waals surface area (Å²) in [5.41, 5.74) is 8.13. The SMILES string of the molecule is Cc1cc(C(N)=O)ccc1CNCC1(CO)CCCCC1. The van der Waals surface area contributed by atoms with E-state index < -0.39 is 0 Å². The van der Waals surface area contributed by atoms with E-state index >= 15 is 0 Å². The first-order valence-electron chi connectivity index (χ1n) is 7.77. The molecule has 0 unspecified atom stereocenters. The van der Waals surface area contributed by atoms with Gasteiger partial charge in [-0.1, -0.05) is 25.3 Å². The third kappa shape index (κ3) is 4.05. The van der Waals surface area contributed by atoms with Crippen LogP contribution in [0.1, 0.15) is 53.6 Å². The Balaban J connectivity index is 1.92. The first-order chi connectivity index (χ1) is 10.1. The molecule has 1 saturated carbocycles. The molecule has 116 valence electrons. The van der Waals surface area contributed by atoms with E-state index in [-0.39, 0.29) is 17.9 Å². The van der Waals surface area contributed by atoms with Crippen LogP contribution in [0.25, 0.3) is 0 Å². The molecular weight excluding hydrogens is 264 g/mol. The smallest absolute Gasteiger partial charge is 0.248 e. The zero-order chi connectivity index (χ0) is 15.3. The third-order valence-corrected chi connectivity index (χ3v) is 4.69. The first-order valence-corrected chi connectivity index (χ1v) is 7.77. The van der Waals surface area contributed by atoms with Crippen LogP contribution in [0.3, 0.4) is 0 Å². The largest absolute Gasteiger partial charge is 0.396 e. The number of carbonyl (C=O) groups is 1. The average molecular weight is 290 g/mol. The van der Waals surface area contributed by atoms with Gasteiger partial charge in [0.15, 0.2) is 0 Å². The predicted octanol–water partition coefficient (Wildman–Crippen LogP) is 2.13. The Morgan fingerprint density at radius 1 is 1.33 bits per heavy atom. The molecule has 2 rings (SSSR count). The number of primary amides is 1. The number of nitrogens with two attached hydrogens (primary N) is 1. The van der Waals surface area contributed by atoms with Crippen LogP contribution in [-0.4, -0.2) is 24.2 Å². The zero-order valence-corrected chi connectivity index (χ0v) is 12.8. The second-order valence-electron chi connectivity index (χ2n) is 6.33. The molecule has 0 spiro atoms. The summed E-state index contributed by atoms with van der Waals surface area (Å²) in [6, 6.07) is 5.56. The second kappa shape index (κ2) is 7.05. The van der Waals surface area contributed by atoms with E-state index in [0.717, 1.165) is 31.5 Å². The lowest BCUT2D eigenvalue weighted by atomic mass is 9.74. The van der Waals surface area contributed by atoms with Crippen molar-refractivity contribution in [2.75, 3.05) is 13.2 Å². The summed E-state index contributed by atoms with van der Waals surface area (Å²) in [6.45, 7) is 3.86. The standard InChI is InChI=1S/C17H26N2O2/c1-13-9-14(16(18)21)5-6-15(13)10-19-11-17(12-20)7-3-2-4-8-17/h5-6,9,19-20H,2-4,7-8,10-12H2,1H3,(H2,18,21). The lowest BCUT2D eigenvalue weighted by Gasteiger charge is -2.35. The van der Waals surface area contributed by atoms with Crippen molar-refractivity contribution in [2.24, 2.45) is 11.1 Å². The van der Waals surface area contributed by atoms with Crippen molar-refractivity contribution in [3.8, 4) is 0 Å². The highest BCUT2D eigenvalue weighted by molar-refractivity contribution is 5.93. The van der Waals surface area contributed by atoms with Gasteiger partial charge in [-0.05, 0) is 43.0 Å². The van der Waals surface area contributed by atoms with Crippen LogP contribution in [0.5, 0.6) is 0 Å². The van der Waals surface area contributed by atoms with Gasteiger partial charge in [-0.2, -0.15) is 0 Å². The third-order valence-electron chi connectivity index (χ3n) is 4.69. The maximum atomic E-state index is 11.1. The maximum absolute atomic E-state index is 11.1. The van der Waals surface area contributed by atoms with Crippen molar-refractivity contribution in [3.05, 3.63) is 34.9 Å². The lowest BCUT2D eigenvalue weighted by molar-refractivity contribution is 0.0810. The van der Waals surface area contributed by atoms with Crippen LogP contribution in [0.4, 0.5) is 0 Å². The highest BCUT2D eigenvalue weighted by Crippen LogP contribution is 2.35. The highest BCUT2D eigenvalue weighted by Gasteiger charge is 2.30. The summed E-state index contributed by atoms with van der Waals surface area (Å²) in [7, 11) is 0. The van der Waals surface area contributed by atoms with Crippen LogP contribution < -0.4 is 11.1 Å². The fourth-order valence-electron chi connectivity index (χ4n) is 3.20. The van der Waals surface area contributed by atoms with Gasteiger partial charge in [-0.3, -0.25) is 4.79 Å². The van der Waals surface area contributed by atoms with Gasteiger partial charge in [-0.15, -0.1) is 0 Å². The van der Waals surface area contributed by atoms with Crippen molar-refractivity contribution < 1.29 is 9.90 Å². The number of aliphatic hydroxyl groups is 1. The van der Waals surface area contributed by atoms with Crippen molar-refractivity contribution in [1.82, 2.24) is 5.32 Å². The van der Waals surface area contributed by atoms with Crippen LogP contribution in [0.15, 0.2) is 18.2 Å². The summed E-state index contributed by atoms with van der Waals surface area (Å²) in [5.74, 6) is -0.390. The minimum Gasteiger partial charge on any atom is -0.396 e. The molecule has 1 aliphatic rings. The quantitative estimate of drug-likeness (QED) is 0.751. The van der Waals surface area contributed by atoms with E-state index in [1.165, 1.54) is 24.8 Å². The minimum absolute atomic E-state index is 0.0549. The van der Waals surface area contributed by atoms with E-state index in [0.29, 0.717) is 5.56 Å². The molecule has 1 fully saturated rings. The first kappa shape index (κ1) is 16.0. The van der Waals surface area contributed by atoms with Crippen molar-refractivity contribution in [2.45, 2.75) is 45.6 Å². The topological polar surface area (TPSA) is 75.4 Å². The Labute approximate surface area is 126 Å². The van der Waals surface area contributed by atoms with Gasteiger partial charge in [0.1, 0.15) is 0 Å². The molecule has 21 heavy (non-hydrogen) atoms. The molecule has 4 N–H and O–H groups in total. The second-order valence-corrected chi connectivity index (χ2v) is 6.33. The highest BCUT2D eigenvalue weighted by atomic mass is 16.3. The molecule has 0 saturated heterocycles. The molecule has 0 heterocycles. The van der Waals surface area contributed by atoms with E-state index in [2.05, 4.69) is 5.32 Å². The molecular formula is C17H26N2O2. The molecule has 1 aliphatic carbocycles. The number of hydrogen-bond donors (Lipinski definition) is 3. The van der Waals surface area contributed by atoms with Gasteiger partial charge in [0.25, 0.3) is 0 Å². The number of benzene rings is 1. The fraction of sp³-hybridized carbons (Fsp3) is 0.588. The normalized spacial score (nSPS) is 17.6. The number of nitrogens with one attached hydrogen (secondary N) is 1. The van der Waals surface area contributed by atoms with Crippen molar-refractivity contribution in [3.63, 3.8) is 0 Å². The van der Waals surface area contributed by atoms with Gasteiger partial charge >= 0.3 is 0 Å². The number of amides is 1. The molecule has 0 aromatic heterocycles. The van der Waals surface area contributed by atoms with E-state index in [4.69, 9.17) is 5.73 Å². The van der Waals surface area contributed by atoms with E-state index in [9.17, 15) is 9.90 Å². The average Bonchev–Trinajstić information content (AvgIpc) is 2.49. The Morgan fingerprint density at radius 2 is 2.05 bits per heavy atom. The number of aryl methyl sites for hydroxylation is 1. The zero-order valence-electron chi connectivity index (χ0n) is 12.8. The van der Waals surface area contributed by atoms with E-state index in [1.807, 2.05) is 19.1 Å². The van der Waals surface area contributed by atoms with Gasteiger partial charge in [0, 0.05) is 30.7 Å². The van der Waals surface area contributed by atoms with Gasteiger partial charge in [0.05, 0.1) is 0 Å². The summed E-state index contributed by atoms with van der Waals surface area (Å²) in [5, 5.41) is 13.2. The number of hydrogen-bond acceptors (Lipinski definition) is 3. The molecule has 0 radical (unpaired) electrons. The molecule has 4 heteroatoms. The van der Waals surface area contributed by atoms with Crippen LogP contribution in [0.2, 0.25) is 0 Å². The van der Waals surface area contributed by atoms with Gasteiger partial charge in [-0.25, -0.2) is 0 Å². The predicted molar refractivity (Wildman–Crippen MR) is 84.0 cm³/mol. The molecule has 1 aromatic carbocycles. The number of carbonyl (C=O) groups excluding carboxylic acids is 1. The number of aliphatic hydroxyl groups excluding tert-OH is 1. The number of rotatable bonds is 6. The molecule has 4 nitrogen and oxygen atoms in total. The minimum atomic E-state index is -0.390. The van der Waals surface area contributed by atoms with E-state index in [1.54, 1.807) is 6.07 Å². The Morgan fingerprint density at radius 3 is 2.62 bits per heavy atom. The Bertz CT molecular complexity index is 494. The fourth-order valence-corrected chi connectivity index (χ4v) is 3.20. The summed E-state index contributed by atoms with van der Waals surface area (Å²) >= 11 is 0. The van der Waals surface area contributed by atoms with Crippen LogP contribution >= 0.6 is 0 Å². The van der Waals surface area contributed by atoms with Crippen molar-refractivity contribution >= 4 is 5.91 Å². The Kier molecular flexibility index (Phi) is 5.37. The lowest BCUT2D eigenvalue weighted by Crippen LogP contribution is -2.38. The summed E-state index contributed by atoms with van der Waals surface area (Å²) < 4.78 is 0. The van der Waals surface area contributed by atoms with Crippen LogP contribution in [-0.2, 0) is 6.54 Å². The van der Waals surface area contributed by atoms with Crippen LogP contribution in [0, 0.1) is 12.3 Å². The van der Waals surface area contributed by atoms with Crippen molar-refractivity contribution in [1.29, 1.82) is 0 Å². The molecule has 0 aliphatic heterocycles. The Hall–Kier alpha value is -1.39. The molecule has 0 atom stereocenters. The molecule has 1 aromatic rings. The van der Waals surface area contributed by atoms with Gasteiger partial charge < -0.3 is 16.2 Å². The summed E-state index contributed by atoms with van der Waals surface area (Å²) in [4.78, 5) is 11.1. The maximum Gasteiger partial charge on any atom is 0.248 e.